The van der Waals surface area contributed by atoms with Gasteiger partial charge in [-0.1, -0.05) is 44.4 Å². The highest BCUT2D eigenvalue weighted by Crippen LogP contribution is 2.22. The van der Waals surface area contributed by atoms with Crippen LogP contribution in [0.3, 0.4) is 0 Å². The van der Waals surface area contributed by atoms with Crippen molar-refractivity contribution >= 4 is 0 Å². The minimum Gasteiger partial charge on any atom is -0.493 e. The van der Waals surface area contributed by atoms with Gasteiger partial charge in [0.1, 0.15) is 5.75 Å². The van der Waals surface area contributed by atoms with E-state index in [-0.39, 0.29) is 0 Å². The molecule has 1 aromatic carbocycles. The lowest BCUT2D eigenvalue weighted by atomic mass is 9.95. The molecule has 1 unspecified atom stereocenters. The number of hydrogen-bond donors (Lipinski definition) is 0. The fourth-order valence-electron chi connectivity index (χ4n) is 3.38. The Bertz CT molecular complexity index is 406. The quantitative estimate of drug-likeness (QED) is 0.676. The van der Waals surface area contributed by atoms with Crippen LogP contribution in [0.4, 0.5) is 0 Å². The molecule has 1 atom stereocenters. The lowest BCUT2D eigenvalue weighted by molar-refractivity contribution is 0.124. The van der Waals surface area contributed by atoms with Crippen molar-refractivity contribution < 1.29 is 4.74 Å². The second kappa shape index (κ2) is 9.19. The van der Waals surface area contributed by atoms with Crippen molar-refractivity contribution in [2.45, 2.75) is 52.9 Å². The van der Waals surface area contributed by atoms with Crippen molar-refractivity contribution in [3.05, 3.63) is 29.8 Å². The van der Waals surface area contributed by atoms with Crippen molar-refractivity contribution in [1.82, 2.24) is 4.90 Å². The standard InChI is InChI=1S/C20H33NO/c1-4-6-18(5-2)15-21-13-11-19(12-14-21)16-22-20-9-7-17(3)8-10-20/h7-10,18-19H,4-6,11-16H2,1-3H3. The van der Waals surface area contributed by atoms with Crippen molar-refractivity contribution in [2.75, 3.05) is 26.2 Å². The lowest BCUT2D eigenvalue weighted by Gasteiger charge is -2.34. The van der Waals surface area contributed by atoms with E-state index in [0.717, 1.165) is 24.2 Å². The van der Waals surface area contributed by atoms with E-state index in [2.05, 4.69) is 49.9 Å². The van der Waals surface area contributed by atoms with Gasteiger partial charge in [0, 0.05) is 6.54 Å². The highest BCUT2D eigenvalue weighted by molar-refractivity contribution is 5.26. The normalized spacial score (nSPS) is 18.3. The molecule has 2 heteroatoms. The van der Waals surface area contributed by atoms with Gasteiger partial charge in [0.15, 0.2) is 0 Å². The van der Waals surface area contributed by atoms with Gasteiger partial charge >= 0.3 is 0 Å². The molecule has 0 bridgehead atoms. The molecular formula is C20H33NO. The summed E-state index contributed by atoms with van der Waals surface area (Å²) in [6, 6.07) is 8.41. The summed E-state index contributed by atoms with van der Waals surface area (Å²) < 4.78 is 5.96. The maximum Gasteiger partial charge on any atom is 0.119 e. The van der Waals surface area contributed by atoms with E-state index in [1.165, 1.54) is 57.3 Å². The number of likely N-dealkylation sites (tertiary alicyclic amines) is 1. The molecule has 1 aliphatic heterocycles. The minimum absolute atomic E-state index is 0.726. The predicted molar refractivity (Wildman–Crippen MR) is 94.5 cm³/mol. The van der Waals surface area contributed by atoms with E-state index in [9.17, 15) is 0 Å². The molecule has 22 heavy (non-hydrogen) atoms. The first kappa shape index (κ1) is 17.3. The van der Waals surface area contributed by atoms with Crippen molar-refractivity contribution in [2.24, 2.45) is 11.8 Å². The van der Waals surface area contributed by atoms with Gasteiger partial charge in [0.25, 0.3) is 0 Å². The number of rotatable bonds is 8. The first-order valence-electron chi connectivity index (χ1n) is 9.13. The van der Waals surface area contributed by atoms with Gasteiger partial charge in [-0.05, 0) is 63.2 Å². The number of nitrogens with zero attached hydrogens (tertiary/aromatic N) is 1. The van der Waals surface area contributed by atoms with Crippen molar-refractivity contribution in [3.63, 3.8) is 0 Å². The highest BCUT2D eigenvalue weighted by atomic mass is 16.5. The van der Waals surface area contributed by atoms with Gasteiger partial charge in [-0.2, -0.15) is 0 Å². The molecule has 124 valence electrons. The van der Waals surface area contributed by atoms with Crippen LogP contribution in [0.1, 0.15) is 51.5 Å². The van der Waals surface area contributed by atoms with Crippen molar-refractivity contribution in [1.29, 1.82) is 0 Å². The Kier molecular flexibility index (Phi) is 7.24. The number of piperidine rings is 1. The predicted octanol–water partition coefficient (Wildman–Crippen LogP) is 4.91. The van der Waals surface area contributed by atoms with E-state index < -0.39 is 0 Å². The molecule has 1 saturated heterocycles. The molecule has 0 spiro atoms. The van der Waals surface area contributed by atoms with E-state index in [1.807, 2.05) is 0 Å². The molecule has 1 aliphatic rings. The van der Waals surface area contributed by atoms with E-state index in [4.69, 9.17) is 4.74 Å². The van der Waals surface area contributed by atoms with Crippen LogP contribution in [-0.4, -0.2) is 31.1 Å². The Morgan fingerprint density at radius 2 is 1.82 bits per heavy atom. The number of hydrogen-bond acceptors (Lipinski definition) is 2. The maximum atomic E-state index is 5.96. The fourth-order valence-corrected chi connectivity index (χ4v) is 3.38. The smallest absolute Gasteiger partial charge is 0.119 e. The summed E-state index contributed by atoms with van der Waals surface area (Å²) in [4.78, 5) is 2.67. The Morgan fingerprint density at radius 3 is 2.41 bits per heavy atom. The number of benzene rings is 1. The number of ether oxygens (including phenoxy) is 1. The second-order valence-electron chi connectivity index (χ2n) is 6.93. The summed E-state index contributed by atoms with van der Waals surface area (Å²) in [7, 11) is 0. The third-order valence-corrected chi connectivity index (χ3v) is 5.00. The van der Waals surface area contributed by atoms with E-state index in [0.29, 0.717) is 0 Å². The van der Waals surface area contributed by atoms with Gasteiger partial charge in [0.05, 0.1) is 6.61 Å². The third kappa shape index (κ3) is 5.64. The molecule has 0 aromatic heterocycles. The summed E-state index contributed by atoms with van der Waals surface area (Å²) in [6.45, 7) is 11.4. The molecule has 0 N–H and O–H groups in total. The van der Waals surface area contributed by atoms with Gasteiger partial charge < -0.3 is 9.64 Å². The largest absolute Gasteiger partial charge is 0.493 e. The first-order chi connectivity index (χ1) is 10.7. The topological polar surface area (TPSA) is 12.5 Å². The summed E-state index contributed by atoms with van der Waals surface area (Å²) in [6.07, 6.45) is 6.60. The Balaban J connectivity index is 1.67. The van der Waals surface area contributed by atoms with Crippen LogP contribution >= 0.6 is 0 Å². The van der Waals surface area contributed by atoms with Gasteiger partial charge in [-0.3, -0.25) is 0 Å². The Labute approximate surface area is 136 Å². The summed E-state index contributed by atoms with van der Waals surface area (Å²) >= 11 is 0. The summed E-state index contributed by atoms with van der Waals surface area (Å²) in [5.74, 6) is 2.64. The van der Waals surface area contributed by atoms with Crippen LogP contribution in [0.25, 0.3) is 0 Å². The van der Waals surface area contributed by atoms with Crippen molar-refractivity contribution in [3.8, 4) is 5.75 Å². The molecule has 2 rings (SSSR count). The monoisotopic (exact) mass is 303 g/mol. The maximum absolute atomic E-state index is 5.96. The van der Waals surface area contributed by atoms with Crippen LogP contribution in [-0.2, 0) is 0 Å². The molecule has 0 saturated carbocycles. The molecular weight excluding hydrogens is 270 g/mol. The lowest BCUT2D eigenvalue weighted by Crippen LogP contribution is -2.38. The van der Waals surface area contributed by atoms with Gasteiger partial charge in [-0.15, -0.1) is 0 Å². The fraction of sp³-hybridized carbons (Fsp3) is 0.700. The Morgan fingerprint density at radius 1 is 1.14 bits per heavy atom. The van der Waals surface area contributed by atoms with Gasteiger partial charge in [0.2, 0.25) is 0 Å². The first-order valence-corrected chi connectivity index (χ1v) is 9.13. The molecule has 1 fully saturated rings. The average molecular weight is 303 g/mol. The summed E-state index contributed by atoms with van der Waals surface area (Å²) in [5.41, 5.74) is 1.29. The number of aryl methyl sites for hydroxylation is 1. The molecule has 0 radical (unpaired) electrons. The highest BCUT2D eigenvalue weighted by Gasteiger charge is 2.21. The zero-order valence-electron chi connectivity index (χ0n) is 14.7. The molecule has 0 aliphatic carbocycles. The van der Waals surface area contributed by atoms with Crippen LogP contribution in [0.5, 0.6) is 5.75 Å². The second-order valence-corrected chi connectivity index (χ2v) is 6.93. The van der Waals surface area contributed by atoms with Crippen LogP contribution in [0, 0.1) is 18.8 Å². The summed E-state index contributed by atoms with van der Waals surface area (Å²) in [5, 5.41) is 0. The average Bonchev–Trinajstić information content (AvgIpc) is 2.55. The van der Waals surface area contributed by atoms with E-state index >= 15 is 0 Å². The Hall–Kier alpha value is -1.02. The van der Waals surface area contributed by atoms with Crippen LogP contribution in [0.2, 0.25) is 0 Å². The minimum atomic E-state index is 0.726. The molecule has 2 nitrogen and oxygen atoms in total. The van der Waals surface area contributed by atoms with Crippen LogP contribution in [0.15, 0.2) is 24.3 Å². The SMILES string of the molecule is CCCC(CC)CN1CCC(COc2ccc(C)cc2)CC1. The van der Waals surface area contributed by atoms with E-state index in [1.54, 1.807) is 0 Å². The van der Waals surface area contributed by atoms with Gasteiger partial charge in [-0.25, -0.2) is 0 Å². The molecule has 0 amide bonds. The third-order valence-electron chi connectivity index (χ3n) is 5.00. The molecule has 1 heterocycles. The zero-order valence-corrected chi connectivity index (χ0v) is 14.7. The molecule has 1 aromatic rings. The van der Waals surface area contributed by atoms with Crippen LogP contribution < -0.4 is 4.74 Å². The zero-order chi connectivity index (χ0) is 15.8.